The van der Waals surface area contributed by atoms with Crippen LogP contribution in [-0.2, 0) is 16.0 Å². The van der Waals surface area contributed by atoms with E-state index in [0.717, 1.165) is 41.3 Å². The predicted molar refractivity (Wildman–Crippen MR) is 141 cm³/mol. The molecule has 2 aromatic carbocycles. The second-order valence-corrected chi connectivity index (χ2v) is 8.61. The van der Waals surface area contributed by atoms with Gasteiger partial charge < -0.3 is 18.9 Å². The van der Waals surface area contributed by atoms with Crippen molar-refractivity contribution in [1.82, 2.24) is 9.47 Å². The monoisotopic (exact) mass is 476 g/mol. The number of hydrogen-bond donors (Lipinski definition) is 0. The third kappa shape index (κ3) is 5.65. The topological polar surface area (TPSA) is 60.8 Å². The lowest BCUT2D eigenvalue weighted by Crippen LogP contribution is -2.36. The number of carbonyl (C=O) groups is 2. The Morgan fingerprint density at radius 1 is 1.03 bits per heavy atom. The normalized spacial score (nSPS) is 12.3. The number of fused-ring (bicyclic) bond motifs is 1. The highest BCUT2D eigenvalue weighted by Crippen LogP contribution is 2.36. The van der Waals surface area contributed by atoms with E-state index < -0.39 is 5.97 Å². The first-order valence-electron chi connectivity index (χ1n) is 12.2. The van der Waals surface area contributed by atoms with Crippen molar-refractivity contribution >= 4 is 22.8 Å². The van der Waals surface area contributed by atoms with Crippen molar-refractivity contribution in [3.05, 3.63) is 71.9 Å². The van der Waals surface area contributed by atoms with E-state index in [1.165, 1.54) is 7.11 Å². The fourth-order valence-electron chi connectivity index (χ4n) is 4.59. The zero-order chi connectivity index (χ0) is 25.4. The molecule has 35 heavy (non-hydrogen) atoms. The lowest BCUT2D eigenvalue weighted by Gasteiger charge is -2.27. The number of carbonyl (C=O) groups excluding carboxylic acids is 2. The van der Waals surface area contributed by atoms with Gasteiger partial charge in [-0.3, -0.25) is 4.79 Å². The summed E-state index contributed by atoms with van der Waals surface area (Å²) in [4.78, 5) is 27.9. The molecule has 1 aromatic heterocycles. The summed E-state index contributed by atoms with van der Waals surface area (Å²) in [5.41, 5.74) is 3.73. The molecule has 6 heteroatoms. The Balaban J connectivity index is 2.06. The van der Waals surface area contributed by atoms with Gasteiger partial charge in [-0.2, -0.15) is 0 Å². The van der Waals surface area contributed by atoms with Gasteiger partial charge in [-0.25, -0.2) is 4.79 Å². The molecule has 3 aromatic rings. The average molecular weight is 477 g/mol. The number of ether oxygens (including phenoxy) is 2. The summed E-state index contributed by atoms with van der Waals surface area (Å²) in [5.74, 6) is -0.391. The van der Waals surface area contributed by atoms with Crippen molar-refractivity contribution in [3.63, 3.8) is 0 Å². The third-order valence-corrected chi connectivity index (χ3v) is 6.45. The van der Waals surface area contributed by atoms with E-state index in [0.29, 0.717) is 24.4 Å². The van der Waals surface area contributed by atoms with E-state index >= 15 is 0 Å². The van der Waals surface area contributed by atoms with Gasteiger partial charge in [-0.15, -0.1) is 0 Å². The van der Waals surface area contributed by atoms with Crippen LogP contribution in [0.4, 0.5) is 0 Å². The van der Waals surface area contributed by atoms with Crippen LogP contribution in [0.3, 0.4) is 0 Å². The summed E-state index contributed by atoms with van der Waals surface area (Å²) in [6.07, 6.45) is 6.85. The fourth-order valence-corrected chi connectivity index (χ4v) is 4.59. The molecule has 0 aliphatic carbocycles. The van der Waals surface area contributed by atoms with Gasteiger partial charge in [0.15, 0.2) is 0 Å². The molecule has 1 amide bonds. The summed E-state index contributed by atoms with van der Waals surface area (Å²) in [6.45, 7) is 5.26. The molecule has 0 aliphatic rings. The predicted octanol–water partition coefficient (Wildman–Crippen LogP) is 5.95. The van der Waals surface area contributed by atoms with Crippen LogP contribution in [0.5, 0.6) is 0 Å². The molecule has 0 saturated carbocycles. The van der Waals surface area contributed by atoms with Gasteiger partial charge in [0.2, 0.25) is 0 Å². The van der Waals surface area contributed by atoms with E-state index in [2.05, 4.69) is 13.8 Å². The SMILES string of the molecule is CCCC(CC)N(C)C(=O)c1ccc(-c2c(C(=O)OC)n(C/C=C/COC)c3ccccc23)cc1. The van der Waals surface area contributed by atoms with Gasteiger partial charge in [0.05, 0.1) is 13.7 Å². The lowest BCUT2D eigenvalue weighted by atomic mass is 9.99. The maximum absolute atomic E-state index is 13.1. The second-order valence-electron chi connectivity index (χ2n) is 8.61. The number of para-hydroxylation sites is 1. The number of aromatic nitrogens is 1. The van der Waals surface area contributed by atoms with Crippen molar-refractivity contribution in [1.29, 1.82) is 0 Å². The van der Waals surface area contributed by atoms with Gasteiger partial charge in [0.25, 0.3) is 5.91 Å². The minimum Gasteiger partial charge on any atom is -0.464 e. The smallest absolute Gasteiger partial charge is 0.355 e. The molecule has 0 aliphatic heterocycles. The van der Waals surface area contributed by atoms with Crippen LogP contribution >= 0.6 is 0 Å². The Morgan fingerprint density at radius 3 is 2.37 bits per heavy atom. The van der Waals surface area contributed by atoms with Gasteiger partial charge >= 0.3 is 5.97 Å². The van der Waals surface area contributed by atoms with Gasteiger partial charge in [0.1, 0.15) is 5.69 Å². The van der Waals surface area contributed by atoms with Crippen LogP contribution in [0.1, 0.15) is 54.0 Å². The second kappa shape index (κ2) is 12.4. The third-order valence-electron chi connectivity index (χ3n) is 6.45. The van der Waals surface area contributed by atoms with Crippen LogP contribution in [0.25, 0.3) is 22.0 Å². The number of benzene rings is 2. The molecule has 0 spiro atoms. The highest BCUT2D eigenvalue weighted by molar-refractivity contribution is 6.09. The number of allylic oxidation sites excluding steroid dienone is 1. The summed E-state index contributed by atoms with van der Waals surface area (Å²) < 4.78 is 12.3. The van der Waals surface area contributed by atoms with E-state index in [4.69, 9.17) is 9.47 Å². The van der Waals surface area contributed by atoms with Gasteiger partial charge in [-0.05, 0) is 36.6 Å². The number of methoxy groups -OCH3 is 2. The number of rotatable bonds is 11. The molecule has 0 fully saturated rings. The minimum absolute atomic E-state index is 0.00995. The molecule has 6 nitrogen and oxygen atoms in total. The summed E-state index contributed by atoms with van der Waals surface area (Å²) >= 11 is 0. The maximum Gasteiger partial charge on any atom is 0.355 e. The van der Waals surface area contributed by atoms with Crippen LogP contribution in [-0.4, -0.2) is 55.3 Å². The van der Waals surface area contributed by atoms with Crippen LogP contribution in [0, 0.1) is 0 Å². The highest BCUT2D eigenvalue weighted by atomic mass is 16.5. The van der Waals surface area contributed by atoms with E-state index in [9.17, 15) is 9.59 Å². The molecule has 0 bridgehead atoms. The highest BCUT2D eigenvalue weighted by Gasteiger charge is 2.25. The molecule has 3 rings (SSSR count). The molecular formula is C29H36N2O4. The van der Waals surface area contributed by atoms with Gasteiger partial charge in [-0.1, -0.05) is 62.8 Å². The standard InChI is InChI=1S/C29H36N2O4/c1-6-12-23(7-2)30(3)28(32)22-17-15-21(16-18-22)26-24-13-8-9-14-25(24)31(19-10-11-20-34-4)27(26)29(33)35-5/h8-11,13-18,23H,6-7,12,19-20H2,1-5H3/b11-10+. The van der Waals surface area contributed by atoms with E-state index in [1.807, 2.05) is 77.2 Å². The van der Waals surface area contributed by atoms with Crippen molar-refractivity contribution in [3.8, 4) is 11.1 Å². The Morgan fingerprint density at radius 2 is 1.74 bits per heavy atom. The first kappa shape index (κ1) is 26.2. The number of hydrogen-bond acceptors (Lipinski definition) is 4. The number of esters is 1. The molecule has 0 radical (unpaired) electrons. The molecule has 186 valence electrons. The zero-order valence-electron chi connectivity index (χ0n) is 21.4. The molecule has 0 saturated heterocycles. The Kier molecular flexibility index (Phi) is 9.26. The molecular weight excluding hydrogens is 440 g/mol. The van der Waals surface area contributed by atoms with Gasteiger partial charge in [0, 0.05) is 48.8 Å². The molecule has 1 unspecified atom stereocenters. The largest absolute Gasteiger partial charge is 0.464 e. The zero-order valence-corrected chi connectivity index (χ0v) is 21.4. The molecule has 0 N–H and O–H groups in total. The van der Waals surface area contributed by atoms with Crippen LogP contribution in [0.15, 0.2) is 60.7 Å². The average Bonchev–Trinajstić information content (AvgIpc) is 3.22. The Labute approximate surface area is 208 Å². The van der Waals surface area contributed by atoms with Crippen LogP contribution in [0.2, 0.25) is 0 Å². The lowest BCUT2D eigenvalue weighted by molar-refractivity contribution is 0.0590. The number of amides is 1. The Hall–Kier alpha value is -3.38. The van der Waals surface area contributed by atoms with Crippen LogP contribution < -0.4 is 0 Å². The van der Waals surface area contributed by atoms with Crippen molar-refractivity contribution in [2.24, 2.45) is 0 Å². The summed E-state index contributed by atoms with van der Waals surface area (Å²) in [5, 5.41) is 0.957. The summed E-state index contributed by atoms with van der Waals surface area (Å²) in [6, 6.07) is 15.7. The summed E-state index contributed by atoms with van der Waals surface area (Å²) in [7, 11) is 4.92. The van der Waals surface area contributed by atoms with E-state index in [1.54, 1.807) is 7.11 Å². The first-order chi connectivity index (χ1) is 17.0. The molecule has 1 atom stereocenters. The fraction of sp³-hybridized carbons (Fsp3) is 0.379. The van der Waals surface area contributed by atoms with Crippen molar-refractivity contribution in [2.45, 2.75) is 45.7 Å². The maximum atomic E-state index is 13.1. The van der Waals surface area contributed by atoms with E-state index in [-0.39, 0.29) is 11.9 Å². The van der Waals surface area contributed by atoms with Crippen molar-refractivity contribution in [2.75, 3.05) is 27.9 Å². The minimum atomic E-state index is -0.401. The molecule has 1 heterocycles. The quantitative estimate of drug-likeness (QED) is 0.253. The number of nitrogens with zero attached hydrogens (tertiary/aromatic N) is 2. The Bertz CT molecular complexity index is 1180. The first-order valence-corrected chi connectivity index (χ1v) is 12.2. The van der Waals surface area contributed by atoms with Crippen molar-refractivity contribution < 1.29 is 19.1 Å².